The molecule has 0 bridgehead atoms. The summed E-state index contributed by atoms with van der Waals surface area (Å²) in [6, 6.07) is 0. The fourth-order valence-corrected chi connectivity index (χ4v) is 2.84. The second-order valence-electron chi connectivity index (χ2n) is 5.30. The Morgan fingerprint density at radius 1 is 0.722 bits per heavy atom. The van der Waals surface area contributed by atoms with Gasteiger partial charge in [-0.15, -0.1) is 0 Å². The highest BCUT2D eigenvalue weighted by Gasteiger charge is 2.25. The summed E-state index contributed by atoms with van der Waals surface area (Å²) in [5.74, 6) is -0.0834. The largest absolute Gasteiger partial charge is 0.462 e. The highest BCUT2D eigenvalue weighted by molar-refractivity contribution is 5.73. The minimum Gasteiger partial charge on any atom is -0.462 e. The lowest BCUT2D eigenvalue weighted by atomic mass is 10.1. The van der Waals surface area contributed by atoms with Crippen LogP contribution < -0.4 is 0 Å². The monoisotopic (exact) mass is 254 g/mol. The molecule has 0 aromatic rings. The lowest BCUT2D eigenvalue weighted by Crippen LogP contribution is -2.21. The highest BCUT2D eigenvalue weighted by atomic mass is 16.6. The Balaban J connectivity index is 1.55. The van der Waals surface area contributed by atoms with Gasteiger partial charge in [0.2, 0.25) is 0 Å². The summed E-state index contributed by atoms with van der Waals surface area (Å²) < 4.78 is 10.2. The number of hydrogen-bond donors (Lipinski definition) is 0. The molecule has 2 rings (SSSR count). The van der Waals surface area contributed by atoms with Gasteiger partial charge in [0, 0.05) is 0 Å². The number of rotatable bonds is 5. The summed E-state index contributed by atoms with van der Waals surface area (Å²) in [7, 11) is 0. The van der Waals surface area contributed by atoms with Gasteiger partial charge in [0.15, 0.2) is 0 Å². The fraction of sp³-hybridized carbons (Fsp3) is 0.857. The van der Waals surface area contributed by atoms with Crippen molar-refractivity contribution in [3.63, 3.8) is 0 Å². The van der Waals surface area contributed by atoms with Gasteiger partial charge in [-0.25, -0.2) is 0 Å². The summed E-state index contributed by atoms with van der Waals surface area (Å²) in [6.45, 7) is 0.404. The van der Waals surface area contributed by atoms with Crippen molar-refractivity contribution < 1.29 is 19.1 Å². The van der Waals surface area contributed by atoms with Gasteiger partial charge >= 0.3 is 11.9 Å². The average Bonchev–Trinajstić information content (AvgIpc) is 3.05. The molecule has 0 atom stereocenters. The summed E-state index contributed by atoms with van der Waals surface area (Å²) in [6.07, 6.45) is 8.27. The van der Waals surface area contributed by atoms with Crippen LogP contribution in [0.25, 0.3) is 0 Å². The van der Waals surface area contributed by atoms with E-state index in [2.05, 4.69) is 0 Å². The minimum absolute atomic E-state index is 0.0792. The third kappa shape index (κ3) is 3.72. The topological polar surface area (TPSA) is 52.6 Å². The van der Waals surface area contributed by atoms with E-state index in [9.17, 15) is 9.59 Å². The molecule has 2 saturated carbocycles. The van der Waals surface area contributed by atoms with Crippen LogP contribution in [0.15, 0.2) is 0 Å². The van der Waals surface area contributed by atoms with Crippen molar-refractivity contribution in [2.45, 2.75) is 51.4 Å². The average molecular weight is 254 g/mol. The van der Waals surface area contributed by atoms with Gasteiger partial charge in [-0.3, -0.25) is 9.59 Å². The van der Waals surface area contributed by atoms with Crippen LogP contribution >= 0.6 is 0 Å². The molecule has 0 amide bonds. The first-order chi connectivity index (χ1) is 8.77. The second kappa shape index (κ2) is 6.76. The number of hydrogen-bond acceptors (Lipinski definition) is 4. The summed E-state index contributed by atoms with van der Waals surface area (Å²) in [5.41, 5.74) is 0. The molecule has 4 nitrogen and oxygen atoms in total. The Labute approximate surface area is 108 Å². The van der Waals surface area contributed by atoms with Gasteiger partial charge in [-0.2, -0.15) is 0 Å². The Morgan fingerprint density at radius 2 is 1.06 bits per heavy atom. The van der Waals surface area contributed by atoms with Crippen LogP contribution in [-0.2, 0) is 19.1 Å². The maximum atomic E-state index is 11.6. The van der Waals surface area contributed by atoms with Crippen molar-refractivity contribution in [3.8, 4) is 0 Å². The van der Waals surface area contributed by atoms with Crippen molar-refractivity contribution >= 4 is 11.9 Å². The molecular weight excluding hydrogens is 232 g/mol. The zero-order valence-corrected chi connectivity index (χ0v) is 10.9. The molecule has 0 aliphatic heterocycles. The van der Waals surface area contributed by atoms with Crippen LogP contribution in [0, 0.1) is 11.8 Å². The van der Waals surface area contributed by atoms with Gasteiger partial charge in [0.05, 0.1) is 11.8 Å². The standard InChI is InChI=1S/C14H22O4/c15-13(11-5-1-2-6-11)17-9-10-18-14(16)12-7-3-4-8-12/h11-12H,1-10H2. The number of carbonyl (C=O) groups is 2. The minimum atomic E-state index is -0.121. The highest BCUT2D eigenvalue weighted by Crippen LogP contribution is 2.26. The van der Waals surface area contributed by atoms with Crippen LogP contribution in [0.5, 0.6) is 0 Å². The van der Waals surface area contributed by atoms with Crippen molar-refractivity contribution in [2.24, 2.45) is 11.8 Å². The van der Waals surface area contributed by atoms with E-state index in [1.165, 1.54) is 0 Å². The molecule has 0 unspecified atom stereocenters. The maximum Gasteiger partial charge on any atom is 0.309 e. The van der Waals surface area contributed by atoms with E-state index >= 15 is 0 Å². The molecule has 0 radical (unpaired) electrons. The van der Waals surface area contributed by atoms with Crippen LogP contribution in [0.3, 0.4) is 0 Å². The van der Waals surface area contributed by atoms with Crippen LogP contribution in [-0.4, -0.2) is 25.2 Å². The van der Waals surface area contributed by atoms with E-state index in [4.69, 9.17) is 9.47 Å². The lowest BCUT2D eigenvalue weighted by Gasteiger charge is -2.11. The number of esters is 2. The van der Waals surface area contributed by atoms with Gasteiger partial charge < -0.3 is 9.47 Å². The van der Waals surface area contributed by atoms with Crippen molar-refractivity contribution in [2.75, 3.05) is 13.2 Å². The van der Waals surface area contributed by atoms with E-state index < -0.39 is 0 Å². The molecule has 0 spiro atoms. The molecule has 2 aliphatic carbocycles. The second-order valence-corrected chi connectivity index (χ2v) is 5.30. The van der Waals surface area contributed by atoms with Crippen LogP contribution in [0.2, 0.25) is 0 Å². The van der Waals surface area contributed by atoms with Crippen LogP contribution in [0.1, 0.15) is 51.4 Å². The number of carbonyl (C=O) groups excluding carboxylic acids is 2. The van der Waals surface area contributed by atoms with E-state index in [1.54, 1.807) is 0 Å². The zero-order chi connectivity index (χ0) is 12.8. The smallest absolute Gasteiger partial charge is 0.309 e. The Hall–Kier alpha value is -1.06. The molecule has 0 saturated heterocycles. The molecule has 102 valence electrons. The fourth-order valence-electron chi connectivity index (χ4n) is 2.84. The molecule has 2 aliphatic rings. The molecule has 0 heterocycles. The molecule has 18 heavy (non-hydrogen) atoms. The molecule has 2 fully saturated rings. The van der Waals surface area contributed by atoms with Crippen molar-refractivity contribution in [1.29, 1.82) is 0 Å². The molecule has 0 aromatic heterocycles. The quantitative estimate of drug-likeness (QED) is 0.558. The first kappa shape index (κ1) is 13.4. The Morgan fingerprint density at radius 3 is 1.39 bits per heavy atom. The first-order valence-electron chi connectivity index (χ1n) is 7.10. The summed E-state index contributed by atoms with van der Waals surface area (Å²) in [4.78, 5) is 23.2. The van der Waals surface area contributed by atoms with Crippen molar-refractivity contribution in [1.82, 2.24) is 0 Å². The molecule has 4 heteroatoms. The Bertz CT molecular complexity index is 258. The van der Waals surface area contributed by atoms with Gasteiger partial charge in [-0.1, -0.05) is 25.7 Å². The molecule has 0 N–H and O–H groups in total. The predicted molar refractivity (Wildman–Crippen MR) is 65.8 cm³/mol. The number of ether oxygens (including phenoxy) is 2. The molecular formula is C14H22O4. The van der Waals surface area contributed by atoms with Crippen molar-refractivity contribution in [3.05, 3.63) is 0 Å². The summed E-state index contributed by atoms with van der Waals surface area (Å²) >= 11 is 0. The normalized spacial score (nSPS) is 21.1. The van der Waals surface area contributed by atoms with Crippen LogP contribution in [0.4, 0.5) is 0 Å². The SMILES string of the molecule is O=C(OCCOC(=O)C1CCCC1)C1CCCC1. The zero-order valence-electron chi connectivity index (χ0n) is 10.9. The van der Waals surface area contributed by atoms with E-state index in [0.717, 1.165) is 51.4 Å². The lowest BCUT2D eigenvalue weighted by molar-refractivity contribution is -0.157. The summed E-state index contributed by atoms with van der Waals surface area (Å²) in [5, 5.41) is 0. The van der Waals surface area contributed by atoms with Gasteiger partial charge in [-0.05, 0) is 25.7 Å². The molecule has 0 aromatic carbocycles. The van der Waals surface area contributed by atoms with E-state index in [1.807, 2.05) is 0 Å². The Kier molecular flexibility index (Phi) is 5.02. The van der Waals surface area contributed by atoms with E-state index in [-0.39, 0.29) is 37.0 Å². The maximum absolute atomic E-state index is 11.6. The van der Waals surface area contributed by atoms with Gasteiger partial charge in [0.1, 0.15) is 13.2 Å². The third-order valence-electron chi connectivity index (χ3n) is 3.95. The first-order valence-corrected chi connectivity index (χ1v) is 7.10. The van der Waals surface area contributed by atoms with Gasteiger partial charge in [0.25, 0.3) is 0 Å². The predicted octanol–water partition coefficient (Wildman–Crippen LogP) is 2.45. The van der Waals surface area contributed by atoms with E-state index in [0.29, 0.717) is 0 Å². The third-order valence-corrected chi connectivity index (χ3v) is 3.95.